The highest BCUT2D eigenvalue weighted by Gasteiger charge is 2.46. The molecule has 0 amide bonds. The second-order valence-corrected chi connectivity index (χ2v) is 17.3. The average molecular weight is 791 g/mol. The van der Waals surface area contributed by atoms with E-state index >= 15 is 0 Å². The third-order valence-corrected chi connectivity index (χ3v) is 13.6. The summed E-state index contributed by atoms with van der Waals surface area (Å²) in [6.07, 6.45) is 0. The summed E-state index contributed by atoms with van der Waals surface area (Å²) in [4.78, 5) is 10.6. The molecule has 0 spiro atoms. The van der Waals surface area contributed by atoms with E-state index in [0.29, 0.717) is 5.82 Å². The van der Waals surface area contributed by atoms with Crippen LogP contribution < -0.4 is 0 Å². The fourth-order valence-electron chi connectivity index (χ4n) is 10.7. The van der Waals surface area contributed by atoms with E-state index < -0.39 is 5.41 Å². The van der Waals surface area contributed by atoms with Crippen molar-refractivity contribution in [1.82, 2.24) is 9.97 Å². The molecule has 0 unspecified atom stereocenters. The lowest BCUT2D eigenvalue weighted by atomic mass is 9.67. The minimum atomic E-state index is -0.432. The Hall–Kier alpha value is -7.68. The van der Waals surface area contributed by atoms with E-state index in [9.17, 15) is 0 Å². The first-order valence-corrected chi connectivity index (χ1v) is 21.6. The molecule has 2 heteroatoms. The van der Waals surface area contributed by atoms with Crippen LogP contribution >= 0.6 is 0 Å². The van der Waals surface area contributed by atoms with Gasteiger partial charge in [-0.1, -0.05) is 214 Å². The fourth-order valence-corrected chi connectivity index (χ4v) is 10.7. The van der Waals surface area contributed by atoms with Crippen LogP contribution in [0.5, 0.6) is 0 Å². The molecule has 12 rings (SSSR count). The van der Waals surface area contributed by atoms with Crippen LogP contribution in [0.2, 0.25) is 0 Å². The summed E-state index contributed by atoms with van der Waals surface area (Å²) >= 11 is 0. The van der Waals surface area contributed by atoms with E-state index in [-0.39, 0.29) is 5.41 Å². The van der Waals surface area contributed by atoms with Gasteiger partial charge in [-0.3, -0.25) is 0 Å². The monoisotopic (exact) mass is 790 g/mol. The minimum Gasteiger partial charge on any atom is -0.228 e. The highest BCUT2D eigenvalue weighted by Crippen LogP contribution is 2.57. The maximum Gasteiger partial charge on any atom is 0.160 e. The molecule has 0 N–H and O–H groups in total. The van der Waals surface area contributed by atoms with E-state index in [2.05, 4.69) is 226 Å². The number of fused-ring (bicyclic) bond motifs is 7. The maximum absolute atomic E-state index is 5.32. The first kappa shape index (κ1) is 36.2. The lowest BCUT2D eigenvalue weighted by Crippen LogP contribution is -2.28. The lowest BCUT2D eigenvalue weighted by molar-refractivity contribution is 0.660. The summed E-state index contributed by atoms with van der Waals surface area (Å²) in [5.74, 6) is 0.713. The van der Waals surface area contributed by atoms with E-state index in [1.54, 1.807) is 0 Å². The molecule has 0 saturated carbocycles. The van der Waals surface area contributed by atoms with E-state index in [0.717, 1.165) is 33.5 Å². The van der Waals surface area contributed by atoms with Gasteiger partial charge in [-0.15, -0.1) is 0 Å². The topological polar surface area (TPSA) is 25.8 Å². The summed E-state index contributed by atoms with van der Waals surface area (Å²) in [5, 5.41) is 2.34. The van der Waals surface area contributed by atoms with Crippen LogP contribution in [0.25, 0.3) is 78.1 Å². The van der Waals surface area contributed by atoms with Crippen molar-refractivity contribution >= 4 is 10.8 Å². The number of hydrogen-bond donors (Lipinski definition) is 0. The van der Waals surface area contributed by atoms with Crippen molar-refractivity contribution < 1.29 is 0 Å². The van der Waals surface area contributed by atoms with Gasteiger partial charge in [0.1, 0.15) is 0 Å². The quantitative estimate of drug-likeness (QED) is 0.168. The highest BCUT2D eigenvalue weighted by molar-refractivity contribution is 6.05. The van der Waals surface area contributed by atoms with Crippen molar-refractivity contribution in [2.75, 3.05) is 0 Å². The van der Waals surface area contributed by atoms with Gasteiger partial charge < -0.3 is 0 Å². The summed E-state index contributed by atoms with van der Waals surface area (Å²) in [7, 11) is 0. The third-order valence-electron chi connectivity index (χ3n) is 13.6. The van der Waals surface area contributed by atoms with Crippen LogP contribution in [0.3, 0.4) is 0 Å². The predicted octanol–water partition coefficient (Wildman–Crippen LogP) is 15.0. The molecule has 2 nitrogen and oxygen atoms in total. The number of hydrogen-bond acceptors (Lipinski definition) is 2. The standard InChI is InChI=1S/C60H42N2/c1-59(2)52-28-16-14-26-47(52)50-37-41(31-34-53(50)59)56-38-57(62-58(61-56)39-18-6-3-7-19-39)49-33-32-44(45-24-12-13-25-46(45)49)40-30-35-55-51(36-40)48-27-15-17-29-54(48)60(55,42-20-8-4-9-21-42)43-22-10-5-11-23-43/h3-38H,1-2H3. The zero-order valence-electron chi connectivity index (χ0n) is 34.7. The summed E-state index contributed by atoms with van der Waals surface area (Å²) < 4.78 is 0. The van der Waals surface area contributed by atoms with E-state index in [1.807, 2.05) is 6.07 Å². The zero-order chi connectivity index (χ0) is 41.4. The molecule has 1 heterocycles. The Bertz CT molecular complexity index is 3330. The second kappa shape index (κ2) is 13.9. The minimum absolute atomic E-state index is 0.0632. The molecule has 2 aliphatic carbocycles. The number of benzene rings is 9. The Morgan fingerprint density at radius 2 is 0.774 bits per heavy atom. The molecule has 0 bridgehead atoms. The molecule has 2 aliphatic rings. The van der Waals surface area contributed by atoms with Gasteiger partial charge in [0, 0.05) is 22.1 Å². The maximum atomic E-state index is 5.32. The third kappa shape index (κ3) is 5.36. The van der Waals surface area contributed by atoms with Crippen LogP contribution in [0.1, 0.15) is 47.2 Å². The average Bonchev–Trinajstić information content (AvgIpc) is 3.77. The molecule has 292 valence electrons. The van der Waals surface area contributed by atoms with Gasteiger partial charge in [0.05, 0.1) is 16.8 Å². The lowest BCUT2D eigenvalue weighted by Gasteiger charge is -2.33. The van der Waals surface area contributed by atoms with Crippen molar-refractivity contribution in [2.24, 2.45) is 0 Å². The smallest absolute Gasteiger partial charge is 0.160 e. The van der Waals surface area contributed by atoms with Crippen LogP contribution in [-0.4, -0.2) is 9.97 Å². The van der Waals surface area contributed by atoms with Crippen molar-refractivity contribution in [2.45, 2.75) is 24.7 Å². The van der Waals surface area contributed by atoms with Crippen molar-refractivity contribution in [3.05, 3.63) is 252 Å². The van der Waals surface area contributed by atoms with E-state index in [4.69, 9.17) is 9.97 Å². The predicted molar refractivity (Wildman–Crippen MR) is 256 cm³/mol. The first-order chi connectivity index (χ1) is 30.5. The fraction of sp³-hybridized carbons (Fsp3) is 0.0667. The highest BCUT2D eigenvalue weighted by atomic mass is 14.9. The summed E-state index contributed by atoms with van der Waals surface area (Å²) in [5.41, 5.74) is 19.9. The SMILES string of the molecule is CC1(C)c2ccccc2-c2cc(-c3cc(-c4ccc(-c5ccc6c(c5)-c5ccccc5C6(c5ccccc5)c5ccccc5)c5ccccc45)nc(-c4ccccc4)n3)ccc21. The molecule has 0 radical (unpaired) electrons. The summed E-state index contributed by atoms with van der Waals surface area (Å²) in [6, 6.07) is 79.7. The van der Waals surface area contributed by atoms with Gasteiger partial charge in [0.25, 0.3) is 0 Å². The molecule has 62 heavy (non-hydrogen) atoms. The normalized spacial score (nSPS) is 13.9. The Morgan fingerprint density at radius 1 is 0.306 bits per heavy atom. The molecule has 1 aromatic heterocycles. The number of nitrogens with zero attached hydrogens (tertiary/aromatic N) is 2. The Morgan fingerprint density at radius 3 is 1.48 bits per heavy atom. The van der Waals surface area contributed by atoms with Crippen LogP contribution in [0.15, 0.2) is 218 Å². The van der Waals surface area contributed by atoms with Crippen molar-refractivity contribution in [3.8, 4) is 67.3 Å². The molecule has 0 fully saturated rings. The van der Waals surface area contributed by atoms with Gasteiger partial charge in [0.2, 0.25) is 0 Å². The van der Waals surface area contributed by atoms with Gasteiger partial charge >= 0.3 is 0 Å². The van der Waals surface area contributed by atoms with Gasteiger partial charge in [-0.05, 0) is 95.7 Å². The van der Waals surface area contributed by atoms with Crippen molar-refractivity contribution in [3.63, 3.8) is 0 Å². The molecule has 0 saturated heterocycles. The largest absolute Gasteiger partial charge is 0.228 e. The molecular weight excluding hydrogens is 749 g/mol. The van der Waals surface area contributed by atoms with Gasteiger partial charge in [-0.2, -0.15) is 0 Å². The van der Waals surface area contributed by atoms with Crippen molar-refractivity contribution in [1.29, 1.82) is 0 Å². The zero-order valence-corrected chi connectivity index (χ0v) is 34.7. The second-order valence-electron chi connectivity index (χ2n) is 17.3. The van der Waals surface area contributed by atoms with Crippen LogP contribution in [0.4, 0.5) is 0 Å². The Labute approximate surface area is 362 Å². The molecular formula is C60H42N2. The molecule has 10 aromatic rings. The summed E-state index contributed by atoms with van der Waals surface area (Å²) in [6.45, 7) is 4.65. The van der Waals surface area contributed by atoms with Gasteiger partial charge in [0.15, 0.2) is 5.82 Å². The van der Waals surface area contributed by atoms with Crippen LogP contribution in [0, 0.1) is 0 Å². The number of rotatable bonds is 6. The molecule has 0 atom stereocenters. The Kier molecular flexibility index (Phi) is 8.14. The number of aromatic nitrogens is 2. The van der Waals surface area contributed by atoms with Crippen LogP contribution in [-0.2, 0) is 10.8 Å². The van der Waals surface area contributed by atoms with E-state index in [1.165, 1.54) is 72.1 Å². The Balaban J connectivity index is 1.02. The van der Waals surface area contributed by atoms with Gasteiger partial charge in [-0.25, -0.2) is 9.97 Å². The molecule has 9 aromatic carbocycles. The first-order valence-electron chi connectivity index (χ1n) is 21.6. The molecule has 0 aliphatic heterocycles.